The van der Waals surface area contributed by atoms with E-state index in [1.54, 1.807) is 35.3 Å². The fourth-order valence-electron chi connectivity index (χ4n) is 4.90. The molecule has 0 radical (unpaired) electrons. The average Bonchev–Trinajstić information content (AvgIpc) is 3.83. The monoisotopic (exact) mass is 712 g/mol. The van der Waals surface area contributed by atoms with Gasteiger partial charge in [0.2, 0.25) is 25.4 Å². The summed E-state index contributed by atoms with van der Waals surface area (Å²) in [4.78, 5) is 54.4. The van der Waals surface area contributed by atoms with Crippen molar-refractivity contribution in [1.29, 1.82) is 0 Å². The summed E-state index contributed by atoms with van der Waals surface area (Å²) < 4.78 is 22.3. The van der Waals surface area contributed by atoms with Crippen LogP contribution in [0.5, 0.6) is 23.0 Å². The molecule has 4 aliphatic heterocycles. The molecule has 0 spiro atoms. The van der Waals surface area contributed by atoms with Crippen molar-refractivity contribution in [2.45, 2.75) is 32.1 Å². The van der Waals surface area contributed by atoms with Gasteiger partial charge in [-0.3, -0.25) is 39.8 Å². The topological polar surface area (TPSA) is 136 Å². The number of hydrazine groups is 1. The van der Waals surface area contributed by atoms with Crippen molar-refractivity contribution in [2.24, 2.45) is 0 Å². The van der Waals surface area contributed by atoms with Crippen LogP contribution in [0.4, 0.5) is 0 Å². The Labute approximate surface area is 289 Å². The van der Waals surface area contributed by atoms with E-state index in [2.05, 4.69) is 10.9 Å². The smallest absolute Gasteiger partial charge is 0.266 e. The maximum atomic E-state index is 12.9. The number of unbranched alkanes of at least 4 members (excludes halogenated alkanes) is 2. The van der Waals surface area contributed by atoms with Gasteiger partial charge in [-0.2, -0.15) is 0 Å². The van der Waals surface area contributed by atoms with Crippen molar-refractivity contribution in [3.05, 3.63) is 57.3 Å². The normalized spacial score (nSPS) is 18.2. The number of nitrogens with zero attached hydrogens (tertiary/aromatic N) is 2. The standard InChI is InChI=1S/C31H28N4O8S4/c36-26(4-2-1-3-10-34-28(38)24(46-30(34)44)14-18-5-7-20-22(12-18)42-16-40-20)32-33-27(37)9-11-35-29(39)25(47-31(35)45)15-19-6-8-21-23(13-19)43-17-41-21/h5-8,12-15H,1-4,9-11,16-17H2,(H,32,36)(H,33,37). The second kappa shape index (κ2) is 14.8. The molecule has 6 rings (SSSR count). The predicted octanol–water partition coefficient (Wildman–Crippen LogP) is 4.34. The number of hydrogen-bond donors (Lipinski definition) is 2. The summed E-state index contributed by atoms with van der Waals surface area (Å²) in [6.45, 7) is 0.864. The number of amides is 4. The van der Waals surface area contributed by atoms with Gasteiger partial charge in [0.1, 0.15) is 8.64 Å². The van der Waals surface area contributed by atoms with Crippen LogP contribution in [0.25, 0.3) is 12.2 Å². The average molecular weight is 713 g/mol. The Kier molecular flexibility index (Phi) is 10.3. The van der Waals surface area contributed by atoms with Crippen molar-refractivity contribution >= 4 is 92.4 Å². The van der Waals surface area contributed by atoms with Crippen LogP contribution in [-0.2, 0) is 19.2 Å². The van der Waals surface area contributed by atoms with E-state index in [0.29, 0.717) is 67.3 Å². The summed E-state index contributed by atoms with van der Waals surface area (Å²) in [5, 5.41) is 0. The van der Waals surface area contributed by atoms with E-state index in [0.717, 1.165) is 22.9 Å². The lowest BCUT2D eigenvalue weighted by molar-refractivity contribution is -0.129. The maximum Gasteiger partial charge on any atom is 0.266 e. The molecule has 16 heteroatoms. The number of benzene rings is 2. The lowest BCUT2D eigenvalue weighted by atomic mass is 10.1. The first-order valence-corrected chi connectivity index (χ1v) is 17.1. The molecule has 4 aliphatic rings. The zero-order chi connectivity index (χ0) is 32.9. The van der Waals surface area contributed by atoms with Gasteiger partial charge in [-0.05, 0) is 60.4 Å². The molecule has 12 nitrogen and oxygen atoms in total. The molecule has 4 heterocycles. The van der Waals surface area contributed by atoms with Crippen LogP contribution in [0.15, 0.2) is 46.2 Å². The van der Waals surface area contributed by atoms with Gasteiger partial charge in [-0.15, -0.1) is 0 Å². The Morgan fingerprint density at radius 3 is 1.72 bits per heavy atom. The number of fused-ring (bicyclic) bond motifs is 2. The van der Waals surface area contributed by atoms with Crippen molar-refractivity contribution in [3.8, 4) is 23.0 Å². The highest BCUT2D eigenvalue weighted by Gasteiger charge is 2.33. The first-order chi connectivity index (χ1) is 22.7. The summed E-state index contributed by atoms with van der Waals surface area (Å²) in [5.41, 5.74) is 6.38. The molecule has 2 saturated heterocycles. The molecule has 2 aromatic carbocycles. The minimum atomic E-state index is -0.449. The molecule has 0 atom stereocenters. The van der Waals surface area contributed by atoms with Crippen LogP contribution < -0.4 is 29.8 Å². The quantitative estimate of drug-likeness (QED) is 0.149. The summed E-state index contributed by atoms with van der Waals surface area (Å²) in [7, 11) is 0. The van der Waals surface area contributed by atoms with Crippen molar-refractivity contribution in [3.63, 3.8) is 0 Å². The van der Waals surface area contributed by atoms with Crippen LogP contribution in [-0.4, -0.2) is 68.7 Å². The molecule has 0 unspecified atom stereocenters. The third kappa shape index (κ3) is 7.89. The van der Waals surface area contributed by atoms with Crippen LogP contribution in [0.2, 0.25) is 0 Å². The number of carbonyl (C=O) groups is 4. The fraction of sp³-hybridized carbons (Fsp3) is 0.290. The first kappa shape index (κ1) is 32.8. The fourth-order valence-corrected chi connectivity index (χ4v) is 7.52. The van der Waals surface area contributed by atoms with Crippen LogP contribution in [0.3, 0.4) is 0 Å². The van der Waals surface area contributed by atoms with E-state index in [9.17, 15) is 19.2 Å². The van der Waals surface area contributed by atoms with Gasteiger partial charge in [-0.1, -0.05) is 66.5 Å². The molecule has 244 valence electrons. The Balaban J connectivity index is 0.865. The highest BCUT2D eigenvalue weighted by molar-refractivity contribution is 8.27. The summed E-state index contributed by atoms with van der Waals surface area (Å²) in [6, 6.07) is 10.9. The highest BCUT2D eigenvalue weighted by atomic mass is 32.2. The molecule has 0 bridgehead atoms. The van der Waals surface area contributed by atoms with Gasteiger partial charge >= 0.3 is 0 Å². The van der Waals surface area contributed by atoms with Crippen molar-refractivity contribution in [1.82, 2.24) is 20.7 Å². The largest absolute Gasteiger partial charge is 0.454 e. The Hall–Kier alpha value is -4.12. The summed E-state index contributed by atoms with van der Waals surface area (Å²) in [5.74, 6) is 1.34. The molecule has 2 aromatic rings. The minimum absolute atomic E-state index is 0.0447. The van der Waals surface area contributed by atoms with Gasteiger partial charge in [-0.25, -0.2) is 0 Å². The van der Waals surface area contributed by atoms with Crippen molar-refractivity contribution < 1.29 is 38.1 Å². The molecular formula is C31H28N4O8S4. The predicted molar refractivity (Wildman–Crippen MR) is 184 cm³/mol. The molecule has 0 aromatic heterocycles. The van der Waals surface area contributed by atoms with Crippen LogP contribution in [0.1, 0.15) is 43.2 Å². The summed E-state index contributed by atoms with van der Waals surface area (Å²) >= 11 is 13.2. The number of hydrogen-bond acceptors (Lipinski definition) is 12. The lowest BCUT2D eigenvalue weighted by Crippen LogP contribution is -2.43. The van der Waals surface area contributed by atoms with E-state index in [1.165, 1.54) is 16.7 Å². The molecular weight excluding hydrogens is 685 g/mol. The number of carbonyl (C=O) groups excluding carboxylic acids is 4. The van der Waals surface area contributed by atoms with E-state index < -0.39 is 5.91 Å². The van der Waals surface area contributed by atoms with E-state index >= 15 is 0 Å². The Morgan fingerprint density at radius 2 is 1.17 bits per heavy atom. The van der Waals surface area contributed by atoms with Crippen LogP contribution in [0, 0.1) is 0 Å². The minimum Gasteiger partial charge on any atom is -0.454 e. The van der Waals surface area contributed by atoms with E-state index in [4.69, 9.17) is 43.4 Å². The second-order valence-corrected chi connectivity index (χ2v) is 13.9. The Bertz CT molecular complexity index is 1730. The number of nitrogens with one attached hydrogen (secondary N) is 2. The molecule has 0 aliphatic carbocycles. The number of thiocarbonyl (C=S) groups is 2. The van der Waals surface area contributed by atoms with E-state index in [1.807, 2.05) is 18.2 Å². The highest BCUT2D eigenvalue weighted by Crippen LogP contribution is 2.38. The molecule has 2 fully saturated rings. The second-order valence-electron chi connectivity index (χ2n) is 10.5. The zero-order valence-electron chi connectivity index (χ0n) is 24.8. The van der Waals surface area contributed by atoms with E-state index in [-0.39, 0.29) is 50.7 Å². The third-order valence-corrected chi connectivity index (χ3v) is 10.1. The van der Waals surface area contributed by atoms with Gasteiger partial charge in [0.15, 0.2) is 23.0 Å². The number of rotatable bonds is 11. The van der Waals surface area contributed by atoms with Gasteiger partial charge < -0.3 is 18.9 Å². The Morgan fingerprint density at radius 1 is 0.681 bits per heavy atom. The number of ether oxygens (including phenoxy) is 4. The zero-order valence-corrected chi connectivity index (χ0v) is 28.0. The van der Waals surface area contributed by atoms with Gasteiger partial charge in [0.05, 0.1) is 9.81 Å². The third-order valence-electron chi connectivity index (χ3n) is 7.33. The summed E-state index contributed by atoms with van der Waals surface area (Å²) in [6.07, 6.45) is 5.57. The molecule has 2 N–H and O–H groups in total. The maximum absolute atomic E-state index is 12.9. The molecule has 0 saturated carbocycles. The van der Waals surface area contributed by atoms with Gasteiger partial charge in [0, 0.05) is 25.9 Å². The van der Waals surface area contributed by atoms with Crippen molar-refractivity contribution in [2.75, 3.05) is 26.7 Å². The SMILES string of the molecule is O=C(CCCCCN1C(=O)C(=Cc2ccc3c(c2)OCO3)SC1=S)NNC(=O)CCN1C(=O)C(=Cc2ccc3c(c2)OCO3)SC1=S. The van der Waals surface area contributed by atoms with Crippen LogP contribution >= 0.6 is 48.0 Å². The lowest BCUT2D eigenvalue weighted by Gasteiger charge is -2.15. The first-order valence-electron chi connectivity index (χ1n) is 14.6. The molecule has 47 heavy (non-hydrogen) atoms. The number of thioether (sulfide) groups is 2. The molecule has 4 amide bonds. The van der Waals surface area contributed by atoms with Gasteiger partial charge in [0.25, 0.3) is 11.8 Å².